The highest BCUT2D eigenvalue weighted by atomic mass is 19.1. The van der Waals surface area contributed by atoms with Crippen LogP contribution in [0.15, 0.2) is 36.7 Å². The Balaban J connectivity index is 1.41. The van der Waals surface area contributed by atoms with Gasteiger partial charge in [-0.15, -0.1) is 0 Å². The van der Waals surface area contributed by atoms with Crippen LogP contribution in [-0.2, 0) is 31.4 Å². The summed E-state index contributed by atoms with van der Waals surface area (Å²) in [5.74, 6) is 0.874. The van der Waals surface area contributed by atoms with E-state index in [1.807, 2.05) is 53.3 Å². The van der Waals surface area contributed by atoms with Crippen molar-refractivity contribution in [3.63, 3.8) is 0 Å². The predicted octanol–water partition coefficient (Wildman–Crippen LogP) is 3.29. The average Bonchev–Trinajstić information content (AvgIpc) is 3.10. The fourth-order valence-corrected chi connectivity index (χ4v) is 4.09. The Hall–Kier alpha value is -3.16. The van der Waals surface area contributed by atoms with Gasteiger partial charge in [0.05, 0.1) is 12.7 Å². The first-order chi connectivity index (χ1) is 14.5. The maximum absolute atomic E-state index is 13.5. The summed E-state index contributed by atoms with van der Waals surface area (Å²) >= 11 is 0. The Labute approximate surface area is 174 Å². The molecule has 2 aliphatic rings. The van der Waals surface area contributed by atoms with Crippen molar-refractivity contribution in [2.24, 2.45) is 13.0 Å². The zero-order valence-corrected chi connectivity index (χ0v) is 17.2. The van der Waals surface area contributed by atoms with Crippen molar-refractivity contribution in [1.29, 1.82) is 0 Å². The highest BCUT2D eigenvalue weighted by Crippen LogP contribution is 2.37. The second kappa shape index (κ2) is 7.27. The number of carbonyl (C=O) groups excluding carboxylic acids is 1. The lowest BCUT2D eigenvalue weighted by atomic mass is 10.1. The average molecular weight is 408 g/mol. The maximum atomic E-state index is 13.5. The standard InChI is InChI=1S/C22H25FN6O/c1-14(30)28-8-7-21-19(13-28)22(26-29(21)12-16-9-20(16)23)25-18-5-3-15(4-6-18)17-10-24-27(2)11-17/h3-6,10-11,16,20H,7-9,12-13H2,1-2H3,(H,25,26)/t16?,20-/m1/s1. The number of anilines is 2. The van der Waals surface area contributed by atoms with Crippen LogP contribution in [-0.4, -0.2) is 43.1 Å². The number of aryl methyl sites for hydroxylation is 1. The summed E-state index contributed by atoms with van der Waals surface area (Å²) in [6.07, 6.45) is 4.47. The number of nitrogens with one attached hydrogen (secondary N) is 1. The molecular formula is C22H25FN6O. The lowest BCUT2D eigenvalue weighted by Gasteiger charge is -2.26. The molecule has 2 atom stereocenters. The van der Waals surface area contributed by atoms with E-state index in [4.69, 9.17) is 5.10 Å². The van der Waals surface area contributed by atoms with Gasteiger partial charge in [0, 0.05) is 68.1 Å². The molecule has 1 N–H and O–H groups in total. The van der Waals surface area contributed by atoms with Gasteiger partial charge in [-0.3, -0.25) is 14.2 Å². The molecular weight excluding hydrogens is 383 g/mol. The minimum Gasteiger partial charge on any atom is -0.338 e. The Morgan fingerprint density at radius 2 is 2.03 bits per heavy atom. The topological polar surface area (TPSA) is 68.0 Å². The first-order valence-corrected chi connectivity index (χ1v) is 10.3. The first-order valence-electron chi connectivity index (χ1n) is 10.3. The van der Waals surface area contributed by atoms with Gasteiger partial charge in [0.2, 0.25) is 5.91 Å². The highest BCUT2D eigenvalue weighted by molar-refractivity contribution is 5.74. The lowest BCUT2D eigenvalue weighted by Crippen LogP contribution is -2.34. The van der Waals surface area contributed by atoms with Crippen LogP contribution in [0.3, 0.4) is 0 Å². The molecule has 8 heteroatoms. The molecule has 0 bridgehead atoms. The molecule has 1 aliphatic carbocycles. The minimum atomic E-state index is -0.710. The van der Waals surface area contributed by atoms with Crippen LogP contribution in [0.1, 0.15) is 24.6 Å². The van der Waals surface area contributed by atoms with E-state index in [0.29, 0.717) is 26.1 Å². The van der Waals surface area contributed by atoms with E-state index >= 15 is 0 Å². The van der Waals surface area contributed by atoms with Crippen molar-refractivity contribution in [1.82, 2.24) is 24.5 Å². The fraction of sp³-hybridized carbons (Fsp3) is 0.409. The molecule has 1 aromatic carbocycles. The number of halogens is 1. The van der Waals surface area contributed by atoms with Gasteiger partial charge >= 0.3 is 0 Å². The molecule has 156 valence electrons. The molecule has 1 fully saturated rings. The highest BCUT2D eigenvalue weighted by Gasteiger charge is 2.39. The third-order valence-corrected chi connectivity index (χ3v) is 6.01. The molecule has 0 radical (unpaired) electrons. The number of alkyl halides is 1. The van der Waals surface area contributed by atoms with Crippen molar-refractivity contribution in [2.45, 2.75) is 39.0 Å². The Morgan fingerprint density at radius 3 is 2.67 bits per heavy atom. The van der Waals surface area contributed by atoms with Crippen LogP contribution in [0, 0.1) is 5.92 Å². The summed E-state index contributed by atoms with van der Waals surface area (Å²) in [5, 5.41) is 12.4. The summed E-state index contributed by atoms with van der Waals surface area (Å²) in [5.41, 5.74) is 5.22. The third kappa shape index (κ3) is 3.58. The maximum Gasteiger partial charge on any atom is 0.219 e. The van der Waals surface area contributed by atoms with Crippen LogP contribution < -0.4 is 5.32 Å². The number of nitrogens with zero attached hydrogens (tertiary/aromatic N) is 5. The molecule has 3 heterocycles. The number of carbonyl (C=O) groups is 1. The van der Waals surface area contributed by atoms with Crippen molar-refractivity contribution >= 4 is 17.4 Å². The molecule has 2 aromatic heterocycles. The van der Waals surface area contributed by atoms with Gasteiger partial charge in [0.25, 0.3) is 0 Å². The van der Waals surface area contributed by atoms with Crippen molar-refractivity contribution in [2.75, 3.05) is 11.9 Å². The fourth-order valence-electron chi connectivity index (χ4n) is 4.09. The summed E-state index contributed by atoms with van der Waals surface area (Å²) in [6, 6.07) is 8.11. The van der Waals surface area contributed by atoms with Crippen molar-refractivity contribution in [3.05, 3.63) is 47.9 Å². The van der Waals surface area contributed by atoms with Crippen LogP contribution in [0.2, 0.25) is 0 Å². The van der Waals surface area contributed by atoms with Gasteiger partial charge in [0.15, 0.2) is 5.82 Å². The van der Waals surface area contributed by atoms with E-state index in [0.717, 1.165) is 40.3 Å². The van der Waals surface area contributed by atoms with E-state index in [1.165, 1.54) is 0 Å². The molecule has 30 heavy (non-hydrogen) atoms. The SMILES string of the molecule is CC(=O)N1CCc2c(c(Nc3ccc(-c4cnn(C)c4)cc3)nn2CC2C[C@H]2F)C1. The summed E-state index contributed by atoms with van der Waals surface area (Å²) < 4.78 is 17.2. The van der Waals surface area contributed by atoms with Crippen LogP contribution in [0.4, 0.5) is 15.9 Å². The second-order valence-electron chi connectivity index (χ2n) is 8.26. The number of amides is 1. The second-order valence-corrected chi connectivity index (χ2v) is 8.26. The molecule has 0 spiro atoms. The lowest BCUT2D eigenvalue weighted by molar-refractivity contribution is -0.129. The van der Waals surface area contributed by atoms with E-state index < -0.39 is 6.17 Å². The number of hydrogen-bond donors (Lipinski definition) is 1. The molecule has 5 rings (SSSR count). The molecule has 1 saturated carbocycles. The Morgan fingerprint density at radius 1 is 1.27 bits per heavy atom. The van der Waals surface area contributed by atoms with Crippen molar-refractivity contribution in [3.8, 4) is 11.1 Å². The van der Waals surface area contributed by atoms with Gasteiger partial charge in [-0.1, -0.05) is 12.1 Å². The number of hydrogen-bond acceptors (Lipinski definition) is 4. The summed E-state index contributed by atoms with van der Waals surface area (Å²) in [6.45, 7) is 3.41. The van der Waals surface area contributed by atoms with E-state index in [2.05, 4.69) is 10.4 Å². The summed E-state index contributed by atoms with van der Waals surface area (Å²) in [4.78, 5) is 13.7. The molecule has 0 saturated heterocycles. The summed E-state index contributed by atoms with van der Waals surface area (Å²) in [7, 11) is 1.90. The van der Waals surface area contributed by atoms with Crippen molar-refractivity contribution < 1.29 is 9.18 Å². The van der Waals surface area contributed by atoms with Crippen LogP contribution >= 0.6 is 0 Å². The number of fused-ring (bicyclic) bond motifs is 1. The predicted molar refractivity (Wildman–Crippen MR) is 112 cm³/mol. The van der Waals surface area contributed by atoms with Gasteiger partial charge in [0.1, 0.15) is 6.17 Å². The normalized spacial score (nSPS) is 20.2. The molecule has 3 aromatic rings. The number of benzene rings is 1. The van der Waals surface area contributed by atoms with Crippen LogP contribution in [0.25, 0.3) is 11.1 Å². The zero-order valence-electron chi connectivity index (χ0n) is 17.2. The zero-order chi connectivity index (χ0) is 20.8. The molecule has 7 nitrogen and oxygen atoms in total. The Bertz CT molecular complexity index is 1090. The monoisotopic (exact) mass is 408 g/mol. The van der Waals surface area contributed by atoms with Crippen LogP contribution in [0.5, 0.6) is 0 Å². The largest absolute Gasteiger partial charge is 0.338 e. The first kappa shape index (κ1) is 18.8. The van der Waals surface area contributed by atoms with Gasteiger partial charge in [-0.25, -0.2) is 4.39 Å². The third-order valence-electron chi connectivity index (χ3n) is 6.01. The smallest absolute Gasteiger partial charge is 0.219 e. The van der Waals surface area contributed by atoms with E-state index in [1.54, 1.807) is 11.6 Å². The molecule has 1 amide bonds. The Kier molecular flexibility index (Phi) is 4.56. The van der Waals surface area contributed by atoms with E-state index in [-0.39, 0.29) is 11.8 Å². The molecule has 1 unspecified atom stereocenters. The number of rotatable bonds is 5. The number of aromatic nitrogens is 4. The minimum absolute atomic E-state index is 0.0613. The quantitative estimate of drug-likeness (QED) is 0.704. The van der Waals surface area contributed by atoms with Gasteiger partial charge in [-0.05, 0) is 24.1 Å². The van der Waals surface area contributed by atoms with E-state index in [9.17, 15) is 9.18 Å². The van der Waals surface area contributed by atoms with Gasteiger partial charge in [-0.2, -0.15) is 10.2 Å². The molecule has 1 aliphatic heterocycles. The van der Waals surface area contributed by atoms with Gasteiger partial charge < -0.3 is 10.2 Å².